The molecule has 2 aliphatic rings. The van der Waals surface area contributed by atoms with Crippen molar-refractivity contribution in [3.8, 4) is 27.9 Å². The van der Waals surface area contributed by atoms with Crippen LogP contribution in [0, 0.1) is 0 Å². The van der Waals surface area contributed by atoms with Crippen molar-refractivity contribution in [2.75, 3.05) is 4.90 Å². The Hall–Kier alpha value is -6.38. The first-order valence-electron chi connectivity index (χ1n) is 17.4. The molecule has 2 nitrogen and oxygen atoms in total. The van der Waals surface area contributed by atoms with Crippen LogP contribution in [0.15, 0.2) is 194 Å². The summed E-state index contributed by atoms with van der Waals surface area (Å²) < 4.78 is 2.45. The maximum atomic E-state index is 2.45. The number of aromatic nitrogens is 1. The summed E-state index contributed by atoms with van der Waals surface area (Å²) in [6, 6.07) is 64.0. The molecule has 1 atom stereocenters. The minimum absolute atomic E-state index is 0.320. The third-order valence-corrected chi connectivity index (χ3v) is 10.5. The molecule has 2 heteroatoms. The lowest BCUT2D eigenvalue weighted by molar-refractivity contribution is 0.832. The van der Waals surface area contributed by atoms with Gasteiger partial charge in [-0.15, -0.1) is 0 Å². The van der Waals surface area contributed by atoms with Crippen molar-refractivity contribution in [1.29, 1.82) is 0 Å². The van der Waals surface area contributed by atoms with E-state index in [1.54, 1.807) is 0 Å². The Bertz CT molecular complexity index is 2550. The molecule has 1 aliphatic heterocycles. The SMILES string of the molecule is C1=C(c2ccc3c(c2)c2ccccc2n3-c2cc(-c3ccccc3)cc(-c3ccccc3)c2)CC2C(=C1)N(c1ccccc1)c1ccccc12. The Morgan fingerprint density at radius 1 is 0.420 bits per heavy atom. The summed E-state index contributed by atoms with van der Waals surface area (Å²) in [7, 11) is 0. The largest absolute Gasteiger partial charge is 0.313 e. The Morgan fingerprint density at radius 3 is 1.78 bits per heavy atom. The highest BCUT2D eigenvalue weighted by molar-refractivity contribution is 6.10. The predicted molar refractivity (Wildman–Crippen MR) is 210 cm³/mol. The fourth-order valence-corrected chi connectivity index (χ4v) is 8.18. The molecule has 0 N–H and O–H groups in total. The van der Waals surface area contributed by atoms with Gasteiger partial charge in [0.1, 0.15) is 0 Å². The summed E-state index contributed by atoms with van der Waals surface area (Å²) in [5.41, 5.74) is 16.4. The van der Waals surface area contributed by atoms with Crippen LogP contribution in [0.5, 0.6) is 0 Å². The van der Waals surface area contributed by atoms with Gasteiger partial charge in [-0.3, -0.25) is 0 Å². The molecule has 0 saturated heterocycles. The van der Waals surface area contributed by atoms with Gasteiger partial charge >= 0.3 is 0 Å². The number of allylic oxidation sites excluding steroid dienone is 4. The maximum absolute atomic E-state index is 2.45. The number of hydrogen-bond donors (Lipinski definition) is 0. The quantitative estimate of drug-likeness (QED) is 0.182. The van der Waals surface area contributed by atoms with Gasteiger partial charge in [-0.2, -0.15) is 0 Å². The zero-order chi connectivity index (χ0) is 33.0. The van der Waals surface area contributed by atoms with E-state index < -0.39 is 0 Å². The van der Waals surface area contributed by atoms with Gasteiger partial charge in [0, 0.05) is 39.4 Å². The van der Waals surface area contributed by atoms with Gasteiger partial charge in [-0.05, 0) is 106 Å². The van der Waals surface area contributed by atoms with Gasteiger partial charge in [0.25, 0.3) is 0 Å². The van der Waals surface area contributed by atoms with Crippen LogP contribution >= 0.6 is 0 Å². The molecule has 1 aliphatic carbocycles. The van der Waals surface area contributed by atoms with Crippen molar-refractivity contribution < 1.29 is 0 Å². The second-order valence-corrected chi connectivity index (χ2v) is 13.4. The van der Waals surface area contributed by atoms with Crippen LogP contribution in [0.2, 0.25) is 0 Å². The van der Waals surface area contributed by atoms with Crippen LogP contribution in [0.4, 0.5) is 11.4 Å². The molecular weight excluding hydrogens is 605 g/mol. The minimum atomic E-state index is 0.320. The lowest BCUT2D eigenvalue weighted by Gasteiger charge is -2.26. The zero-order valence-electron chi connectivity index (χ0n) is 27.6. The number of benzene rings is 7. The maximum Gasteiger partial charge on any atom is 0.0541 e. The molecule has 7 aromatic carbocycles. The van der Waals surface area contributed by atoms with E-state index in [0.29, 0.717) is 5.92 Å². The van der Waals surface area contributed by atoms with Gasteiger partial charge in [0.15, 0.2) is 0 Å². The fraction of sp³-hybridized carbons (Fsp3) is 0.0417. The number of hydrogen-bond acceptors (Lipinski definition) is 1. The smallest absolute Gasteiger partial charge is 0.0541 e. The average Bonchev–Trinajstić information content (AvgIpc) is 3.71. The summed E-state index contributed by atoms with van der Waals surface area (Å²) in [6.07, 6.45) is 5.67. The van der Waals surface area contributed by atoms with Gasteiger partial charge in [-0.1, -0.05) is 127 Å². The van der Waals surface area contributed by atoms with Crippen molar-refractivity contribution in [3.63, 3.8) is 0 Å². The van der Waals surface area contributed by atoms with E-state index in [1.165, 1.54) is 77.8 Å². The Labute approximate surface area is 292 Å². The van der Waals surface area contributed by atoms with Crippen LogP contribution in [-0.2, 0) is 0 Å². The van der Waals surface area contributed by atoms with Gasteiger partial charge in [-0.25, -0.2) is 0 Å². The van der Waals surface area contributed by atoms with Crippen molar-refractivity contribution in [1.82, 2.24) is 4.57 Å². The van der Waals surface area contributed by atoms with Crippen LogP contribution in [0.25, 0.3) is 55.3 Å². The molecule has 0 radical (unpaired) electrons. The lowest BCUT2D eigenvalue weighted by atomic mass is 9.84. The highest BCUT2D eigenvalue weighted by atomic mass is 15.2. The van der Waals surface area contributed by atoms with E-state index in [-0.39, 0.29) is 0 Å². The zero-order valence-corrected chi connectivity index (χ0v) is 27.6. The summed E-state index contributed by atoms with van der Waals surface area (Å²) in [5, 5.41) is 2.54. The molecule has 50 heavy (non-hydrogen) atoms. The first kappa shape index (κ1) is 28.6. The van der Waals surface area contributed by atoms with Crippen LogP contribution < -0.4 is 4.90 Å². The van der Waals surface area contributed by atoms with Crippen molar-refractivity contribution in [2.45, 2.75) is 12.3 Å². The number of fused-ring (bicyclic) bond motifs is 6. The summed E-state index contributed by atoms with van der Waals surface area (Å²) in [4.78, 5) is 2.44. The highest BCUT2D eigenvalue weighted by Gasteiger charge is 2.36. The Balaban J connectivity index is 1.12. The van der Waals surface area contributed by atoms with E-state index in [0.717, 1.165) is 12.1 Å². The van der Waals surface area contributed by atoms with E-state index >= 15 is 0 Å². The van der Waals surface area contributed by atoms with Crippen LogP contribution in [0.3, 0.4) is 0 Å². The molecule has 236 valence electrons. The Kier molecular flexibility index (Phi) is 6.67. The standard InChI is InChI=1S/C48H34N2/c1-4-14-33(15-5-1)37-28-38(34-16-6-2-7-17-34)30-40(29-37)50-46-23-13-11-21-42(46)44-32-36(25-27-48(44)50)35-24-26-47-43(31-35)41-20-10-12-22-45(41)49(47)39-18-8-3-9-19-39/h1-30,32,43H,31H2. The number of nitrogens with zero attached hydrogens (tertiary/aromatic N) is 2. The topological polar surface area (TPSA) is 8.17 Å². The molecule has 0 fully saturated rings. The lowest BCUT2D eigenvalue weighted by Crippen LogP contribution is -2.15. The second kappa shape index (κ2) is 11.6. The monoisotopic (exact) mass is 638 g/mol. The molecule has 0 bridgehead atoms. The van der Waals surface area contributed by atoms with E-state index in [1.807, 2.05) is 0 Å². The molecule has 1 unspecified atom stereocenters. The van der Waals surface area contributed by atoms with Crippen LogP contribution in [-0.4, -0.2) is 4.57 Å². The van der Waals surface area contributed by atoms with E-state index in [4.69, 9.17) is 0 Å². The van der Waals surface area contributed by atoms with E-state index in [2.05, 4.69) is 198 Å². The van der Waals surface area contributed by atoms with Crippen molar-refractivity contribution in [2.24, 2.45) is 0 Å². The normalized spacial score (nSPS) is 15.1. The first-order chi connectivity index (χ1) is 24.8. The second-order valence-electron chi connectivity index (χ2n) is 13.4. The average molecular weight is 639 g/mol. The molecule has 0 spiro atoms. The Morgan fingerprint density at radius 2 is 1.04 bits per heavy atom. The summed E-state index contributed by atoms with van der Waals surface area (Å²) in [5.74, 6) is 0.320. The number of anilines is 2. The molecule has 2 heterocycles. The molecule has 8 aromatic rings. The molecule has 0 saturated carbocycles. The van der Waals surface area contributed by atoms with Gasteiger partial charge in [0.2, 0.25) is 0 Å². The highest BCUT2D eigenvalue weighted by Crippen LogP contribution is 2.52. The molecule has 1 aromatic heterocycles. The third-order valence-electron chi connectivity index (χ3n) is 10.5. The molecule has 10 rings (SSSR count). The minimum Gasteiger partial charge on any atom is -0.313 e. The third kappa shape index (κ3) is 4.64. The number of para-hydroxylation sites is 3. The van der Waals surface area contributed by atoms with Crippen LogP contribution in [0.1, 0.15) is 23.5 Å². The summed E-state index contributed by atoms with van der Waals surface area (Å²) >= 11 is 0. The fourth-order valence-electron chi connectivity index (χ4n) is 8.18. The molecule has 0 amide bonds. The predicted octanol–water partition coefficient (Wildman–Crippen LogP) is 12.7. The molecular formula is C48H34N2. The van der Waals surface area contributed by atoms with Crippen molar-refractivity contribution >= 4 is 38.8 Å². The van der Waals surface area contributed by atoms with Crippen molar-refractivity contribution in [3.05, 3.63) is 205 Å². The number of rotatable bonds is 5. The van der Waals surface area contributed by atoms with Gasteiger partial charge < -0.3 is 9.47 Å². The first-order valence-corrected chi connectivity index (χ1v) is 17.4. The summed E-state index contributed by atoms with van der Waals surface area (Å²) in [6.45, 7) is 0. The van der Waals surface area contributed by atoms with Gasteiger partial charge in [0.05, 0.1) is 11.0 Å². The van der Waals surface area contributed by atoms with E-state index in [9.17, 15) is 0 Å².